The molecule has 34 heavy (non-hydrogen) atoms. The molecule has 0 spiro atoms. The van der Waals surface area contributed by atoms with Crippen LogP contribution in [0.3, 0.4) is 0 Å². The Labute approximate surface area is 202 Å². The van der Waals surface area contributed by atoms with E-state index in [0.717, 1.165) is 11.8 Å². The molecule has 1 aliphatic heterocycles. The van der Waals surface area contributed by atoms with Gasteiger partial charge in [0.05, 0.1) is 37.5 Å². The third kappa shape index (κ3) is 8.56. The minimum Gasteiger partial charge on any atom is -0.466 e. The Morgan fingerprint density at radius 2 is 1.79 bits per heavy atom. The molecule has 1 fully saturated rings. The van der Waals surface area contributed by atoms with E-state index in [1.54, 1.807) is 46.4 Å². The topological polar surface area (TPSA) is 108 Å². The molecule has 0 saturated carbocycles. The molecule has 1 aliphatic rings. The van der Waals surface area contributed by atoms with Crippen LogP contribution in [-0.4, -0.2) is 67.8 Å². The lowest BCUT2D eigenvalue weighted by molar-refractivity contribution is -0.145. The van der Waals surface area contributed by atoms with E-state index < -0.39 is 51.8 Å². The van der Waals surface area contributed by atoms with Crippen molar-refractivity contribution in [3.8, 4) is 0 Å². The molecule has 3 atom stereocenters. The summed E-state index contributed by atoms with van der Waals surface area (Å²) in [5.74, 6) is -0.572. The first-order chi connectivity index (χ1) is 15.6. The lowest BCUT2D eigenvalue weighted by Crippen LogP contribution is -2.51. The van der Waals surface area contributed by atoms with Crippen LogP contribution in [-0.2, 0) is 39.7 Å². The highest BCUT2D eigenvalue weighted by molar-refractivity contribution is 7.86. The van der Waals surface area contributed by atoms with Crippen LogP contribution >= 0.6 is 0 Å². The van der Waals surface area contributed by atoms with Gasteiger partial charge >= 0.3 is 12.1 Å². The van der Waals surface area contributed by atoms with E-state index in [9.17, 15) is 18.0 Å². The predicted octanol–water partition coefficient (Wildman–Crippen LogP) is 3.66. The van der Waals surface area contributed by atoms with Gasteiger partial charge in [0.2, 0.25) is 0 Å². The Bertz CT molecular complexity index is 939. The molecule has 1 heterocycles. The Morgan fingerprint density at radius 3 is 2.32 bits per heavy atom. The van der Waals surface area contributed by atoms with Crippen LogP contribution in [0, 0.1) is 0 Å². The zero-order valence-corrected chi connectivity index (χ0v) is 21.9. The van der Waals surface area contributed by atoms with E-state index in [0.29, 0.717) is 6.42 Å². The summed E-state index contributed by atoms with van der Waals surface area (Å²) in [7, 11) is -3.85. The van der Waals surface area contributed by atoms with Crippen molar-refractivity contribution in [2.75, 3.05) is 12.9 Å². The second-order valence-corrected chi connectivity index (χ2v) is 11.5. The van der Waals surface area contributed by atoms with Gasteiger partial charge in [-0.15, -0.1) is 0 Å². The van der Waals surface area contributed by atoms with Crippen molar-refractivity contribution < 1.29 is 36.4 Å². The number of amides is 1. The predicted molar refractivity (Wildman–Crippen MR) is 127 cm³/mol. The summed E-state index contributed by atoms with van der Waals surface area (Å²) in [5, 5.41) is 0. The van der Waals surface area contributed by atoms with Crippen molar-refractivity contribution in [3.63, 3.8) is 0 Å². The van der Waals surface area contributed by atoms with E-state index in [4.69, 9.17) is 18.4 Å². The minimum atomic E-state index is -3.85. The first kappa shape index (κ1) is 28.1. The van der Waals surface area contributed by atoms with Crippen LogP contribution in [0.25, 0.3) is 0 Å². The largest absolute Gasteiger partial charge is 0.466 e. The number of nitrogens with zero attached hydrogens (tertiary/aromatic N) is 1. The molecule has 1 saturated heterocycles. The summed E-state index contributed by atoms with van der Waals surface area (Å²) in [5.41, 5.74) is -0.779. The molecule has 2 rings (SSSR count). The highest BCUT2D eigenvalue weighted by Gasteiger charge is 2.51. The fourth-order valence-electron chi connectivity index (χ4n) is 4.09. The maximum Gasteiger partial charge on any atom is 0.412 e. The number of hydrogen-bond acceptors (Lipinski definition) is 8. The van der Waals surface area contributed by atoms with Crippen LogP contribution in [0.5, 0.6) is 0 Å². The normalized spacial score (nSPS) is 21.2. The molecule has 10 heteroatoms. The van der Waals surface area contributed by atoms with Crippen LogP contribution in [0.1, 0.15) is 59.9 Å². The molecule has 0 aromatic heterocycles. The zero-order valence-electron chi connectivity index (χ0n) is 21.1. The quantitative estimate of drug-likeness (QED) is 0.374. The van der Waals surface area contributed by atoms with Crippen molar-refractivity contribution in [2.24, 2.45) is 0 Å². The second-order valence-electron chi connectivity index (χ2n) is 9.88. The summed E-state index contributed by atoms with van der Waals surface area (Å²) >= 11 is 0. The maximum absolute atomic E-state index is 13.2. The van der Waals surface area contributed by atoms with Crippen LogP contribution in [0.15, 0.2) is 30.3 Å². The van der Waals surface area contributed by atoms with Crippen molar-refractivity contribution in [1.29, 1.82) is 0 Å². The average Bonchev–Trinajstić information content (AvgIpc) is 2.89. The summed E-state index contributed by atoms with van der Waals surface area (Å²) in [4.78, 5) is 26.9. The van der Waals surface area contributed by atoms with E-state index >= 15 is 0 Å². The van der Waals surface area contributed by atoms with Gasteiger partial charge in [-0.1, -0.05) is 30.3 Å². The van der Waals surface area contributed by atoms with Gasteiger partial charge in [-0.2, -0.15) is 8.42 Å². The van der Waals surface area contributed by atoms with Crippen molar-refractivity contribution in [3.05, 3.63) is 35.9 Å². The maximum atomic E-state index is 13.2. The van der Waals surface area contributed by atoms with Gasteiger partial charge in [-0.25, -0.2) is 4.79 Å². The van der Waals surface area contributed by atoms with Gasteiger partial charge in [0.15, 0.2) is 0 Å². The summed E-state index contributed by atoms with van der Waals surface area (Å²) < 4.78 is 45.9. The standard InChI is InChI=1S/C24H37NO8S/c1-8-30-21(26)16-18(33-34(7,28)29)15-20-19(14-17-12-10-9-11-13-17)25(24(5,6)31-20)22(27)32-23(2,3)4/h9-13,18-20H,8,14-16H2,1-7H3. The fraction of sp³-hybridized carbons (Fsp3) is 0.667. The van der Waals surface area contributed by atoms with Gasteiger partial charge in [-0.05, 0) is 53.5 Å². The zero-order chi connectivity index (χ0) is 25.7. The first-order valence-electron chi connectivity index (χ1n) is 11.4. The number of benzene rings is 1. The average molecular weight is 500 g/mol. The first-order valence-corrected chi connectivity index (χ1v) is 13.2. The van der Waals surface area contributed by atoms with E-state index in [-0.39, 0.29) is 19.4 Å². The molecule has 3 unspecified atom stereocenters. The Hall–Kier alpha value is -2.17. The Balaban J connectivity index is 2.39. The molecule has 1 aromatic rings. The Kier molecular flexibility index (Phi) is 9.12. The Morgan fingerprint density at radius 1 is 1.18 bits per heavy atom. The molecule has 0 N–H and O–H groups in total. The van der Waals surface area contributed by atoms with Gasteiger partial charge < -0.3 is 14.2 Å². The number of rotatable bonds is 9. The second kappa shape index (κ2) is 11.0. The van der Waals surface area contributed by atoms with Gasteiger partial charge in [0.25, 0.3) is 10.1 Å². The highest BCUT2D eigenvalue weighted by atomic mass is 32.2. The molecule has 9 nitrogen and oxygen atoms in total. The van der Waals surface area contributed by atoms with Gasteiger partial charge in [-0.3, -0.25) is 13.9 Å². The van der Waals surface area contributed by atoms with Crippen LogP contribution in [0.2, 0.25) is 0 Å². The fourth-order valence-corrected chi connectivity index (χ4v) is 4.73. The van der Waals surface area contributed by atoms with Gasteiger partial charge in [0.1, 0.15) is 11.3 Å². The van der Waals surface area contributed by atoms with E-state index in [1.807, 2.05) is 30.3 Å². The van der Waals surface area contributed by atoms with E-state index in [2.05, 4.69) is 0 Å². The molecular weight excluding hydrogens is 462 g/mol. The third-order valence-electron chi connectivity index (χ3n) is 5.16. The summed E-state index contributed by atoms with van der Waals surface area (Å²) in [6.45, 7) is 10.7. The lowest BCUT2D eigenvalue weighted by atomic mass is 9.96. The molecule has 0 bridgehead atoms. The van der Waals surface area contributed by atoms with Gasteiger partial charge in [0, 0.05) is 6.42 Å². The summed E-state index contributed by atoms with van der Waals surface area (Å²) in [6, 6.07) is 9.10. The van der Waals surface area contributed by atoms with Crippen LogP contribution in [0.4, 0.5) is 4.79 Å². The van der Waals surface area contributed by atoms with Crippen LogP contribution < -0.4 is 0 Å². The molecule has 0 aliphatic carbocycles. The minimum absolute atomic E-state index is 0.0616. The molecule has 1 amide bonds. The smallest absolute Gasteiger partial charge is 0.412 e. The number of ether oxygens (including phenoxy) is 3. The lowest BCUT2D eigenvalue weighted by Gasteiger charge is -2.35. The molecule has 1 aromatic carbocycles. The molecule has 0 radical (unpaired) electrons. The monoisotopic (exact) mass is 499 g/mol. The number of carbonyl (C=O) groups is 2. The number of esters is 1. The number of hydrogen-bond donors (Lipinski definition) is 0. The molecular formula is C24H37NO8S. The van der Waals surface area contributed by atoms with Crippen molar-refractivity contribution in [1.82, 2.24) is 4.90 Å². The highest BCUT2D eigenvalue weighted by Crippen LogP contribution is 2.38. The van der Waals surface area contributed by atoms with Crippen molar-refractivity contribution in [2.45, 2.75) is 90.4 Å². The van der Waals surface area contributed by atoms with E-state index in [1.165, 1.54) is 0 Å². The number of carbonyl (C=O) groups excluding carboxylic acids is 2. The van der Waals surface area contributed by atoms with Crippen molar-refractivity contribution >= 4 is 22.2 Å². The summed E-state index contributed by atoms with van der Waals surface area (Å²) in [6.07, 6.45) is -0.988. The third-order valence-corrected chi connectivity index (χ3v) is 5.79. The molecule has 192 valence electrons. The SMILES string of the molecule is CCOC(=O)CC(CC1OC(C)(C)N(C(=O)OC(C)(C)C)C1Cc1ccccc1)OS(C)(=O)=O.